The molecule has 3 rings (SSSR count). The van der Waals surface area contributed by atoms with Gasteiger partial charge in [0.2, 0.25) is 0 Å². The minimum atomic E-state index is -4.10. The maximum atomic E-state index is 13.7. The van der Waals surface area contributed by atoms with E-state index >= 15 is 0 Å². The number of nitrogens with zero attached hydrogens (tertiary/aromatic N) is 3. The topological polar surface area (TPSA) is 21.1 Å². The lowest BCUT2D eigenvalue weighted by molar-refractivity contribution is -0.185. The average molecular weight is 327 g/mol. The zero-order valence-corrected chi connectivity index (χ0v) is 12.4. The van der Waals surface area contributed by atoms with Gasteiger partial charge in [-0.3, -0.25) is 4.90 Å². The SMILES string of the molecule is Fc1ccccc1-n1cc(CN2CCC(C(F)(F)F)CC2)cn1. The van der Waals surface area contributed by atoms with Crippen molar-refractivity contribution in [3.05, 3.63) is 48.0 Å². The Hall–Kier alpha value is -1.89. The number of rotatable bonds is 3. The van der Waals surface area contributed by atoms with E-state index in [1.54, 1.807) is 30.6 Å². The molecule has 0 spiro atoms. The molecule has 23 heavy (non-hydrogen) atoms. The molecule has 0 aliphatic carbocycles. The van der Waals surface area contributed by atoms with Crippen LogP contribution in [0.15, 0.2) is 36.7 Å². The number of halogens is 4. The van der Waals surface area contributed by atoms with E-state index in [9.17, 15) is 17.6 Å². The van der Waals surface area contributed by atoms with Crippen molar-refractivity contribution in [3.63, 3.8) is 0 Å². The summed E-state index contributed by atoms with van der Waals surface area (Å²) in [5.74, 6) is -1.56. The van der Waals surface area contributed by atoms with Crippen LogP contribution in [0.2, 0.25) is 0 Å². The average Bonchev–Trinajstić information content (AvgIpc) is 2.95. The fourth-order valence-corrected chi connectivity index (χ4v) is 2.89. The second kappa shape index (κ2) is 6.31. The lowest BCUT2D eigenvalue weighted by Gasteiger charge is -2.32. The normalized spacial score (nSPS) is 17.6. The first kappa shape index (κ1) is 16.0. The monoisotopic (exact) mass is 327 g/mol. The van der Waals surface area contributed by atoms with E-state index in [1.165, 1.54) is 10.7 Å². The number of aromatic nitrogens is 2. The van der Waals surface area contributed by atoms with Gasteiger partial charge >= 0.3 is 6.18 Å². The predicted octanol–water partition coefficient (Wildman–Crippen LogP) is 3.79. The Bertz CT molecular complexity index is 657. The summed E-state index contributed by atoms with van der Waals surface area (Å²) in [5.41, 5.74) is 1.22. The molecule has 0 amide bonds. The Morgan fingerprint density at radius 1 is 1.13 bits per heavy atom. The molecule has 0 N–H and O–H groups in total. The highest BCUT2D eigenvalue weighted by molar-refractivity contribution is 5.32. The summed E-state index contributed by atoms with van der Waals surface area (Å²) in [6, 6.07) is 6.31. The third-order valence-electron chi connectivity index (χ3n) is 4.19. The van der Waals surface area contributed by atoms with Gasteiger partial charge in [0, 0.05) is 18.3 Å². The zero-order valence-electron chi connectivity index (χ0n) is 12.4. The van der Waals surface area contributed by atoms with Crippen molar-refractivity contribution >= 4 is 0 Å². The Kier molecular flexibility index (Phi) is 4.39. The van der Waals surface area contributed by atoms with E-state index in [0.29, 0.717) is 25.3 Å². The van der Waals surface area contributed by atoms with Gasteiger partial charge in [0.05, 0.1) is 12.1 Å². The standard InChI is InChI=1S/C16H17F4N3/c17-14-3-1-2-4-15(14)23-11-12(9-21-23)10-22-7-5-13(6-8-22)16(18,19)20/h1-4,9,11,13H,5-8,10H2. The maximum Gasteiger partial charge on any atom is 0.391 e. The Balaban J connectivity index is 1.61. The van der Waals surface area contributed by atoms with Gasteiger partial charge < -0.3 is 0 Å². The fraction of sp³-hybridized carbons (Fsp3) is 0.438. The predicted molar refractivity (Wildman–Crippen MR) is 77.6 cm³/mol. The highest BCUT2D eigenvalue weighted by Crippen LogP contribution is 2.34. The van der Waals surface area contributed by atoms with Crippen molar-refractivity contribution in [2.24, 2.45) is 5.92 Å². The van der Waals surface area contributed by atoms with E-state index in [2.05, 4.69) is 5.10 Å². The summed E-state index contributed by atoms with van der Waals surface area (Å²) >= 11 is 0. The molecule has 3 nitrogen and oxygen atoms in total. The third-order valence-corrected chi connectivity index (χ3v) is 4.19. The van der Waals surface area contributed by atoms with Crippen LogP contribution in [0.4, 0.5) is 17.6 Å². The van der Waals surface area contributed by atoms with Crippen LogP contribution < -0.4 is 0 Å². The first-order valence-corrected chi connectivity index (χ1v) is 7.51. The fourth-order valence-electron chi connectivity index (χ4n) is 2.89. The number of para-hydroxylation sites is 1. The van der Waals surface area contributed by atoms with Gasteiger partial charge in [-0.25, -0.2) is 9.07 Å². The zero-order chi connectivity index (χ0) is 16.4. The van der Waals surface area contributed by atoms with E-state index in [-0.39, 0.29) is 18.7 Å². The number of hydrogen-bond donors (Lipinski definition) is 0. The number of likely N-dealkylation sites (tertiary alicyclic amines) is 1. The van der Waals surface area contributed by atoms with E-state index in [1.807, 2.05) is 4.90 Å². The van der Waals surface area contributed by atoms with E-state index in [4.69, 9.17) is 0 Å². The highest BCUT2D eigenvalue weighted by Gasteiger charge is 2.40. The Labute approximate surface area is 131 Å². The largest absolute Gasteiger partial charge is 0.391 e. The van der Waals surface area contributed by atoms with E-state index in [0.717, 1.165) is 5.56 Å². The molecular weight excluding hydrogens is 310 g/mol. The molecule has 0 bridgehead atoms. The summed E-state index contributed by atoms with van der Waals surface area (Å²) in [6.45, 7) is 1.35. The van der Waals surface area contributed by atoms with Gasteiger partial charge in [-0.15, -0.1) is 0 Å². The van der Waals surface area contributed by atoms with Gasteiger partial charge in [-0.1, -0.05) is 12.1 Å². The van der Waals surface area contributed by atoms with Crippen molar-refractivity contribution in [1.82, 2.24) is 14.7 Å². The molecular formula is C16H17F4N3. The van der Waals surface area contributed by atoms with Gasteiger partial charge in [0.15, 0.2) is 0 Å². The van der Waals surface area contributed by atoms with Gasteiger partial charge in [0.1, 0.15) is 11.5 Å². The smallest absolute Gasteiger partial charge is 0.299 e. The molecule has 1 aromatic carbocycles. The molecule has 1 aromatic heterocycles. The van der Waals surface area contributed by atoms with Gasteiger partial charge in [0.25, 0.3) is 0 Å². The first-order valence-electron chi connectivity index (χ1n) is 7.51. The van der Waals surface area contributed by atoms with Crippen molar-refractivity contribution in [2.75, 3.05) is 13.1 Å². The second-order valence-corrected chi connectivity index (χ2v) is 5.84. The molecule has 0 radical (unpaired) electrons. The van der Waals surface area contributed by atoms with Crippen LogP contribution >= 0.6 is 0 Å². The molecule has 1 fully saturated rings. The lowest BCUT2D eigenvalue weighted by atomic mass is 9.96. The molecule has 0 atom stereocenters. The minimum absolute atomic E-state index is 0.130. The summed E-state index contributed by atoms with van der Waals surface area (Å²) in [5, 5.41) is 4.14. The van der Waals surface area contributed by atoms with Crippen LogP contribution in [0.25, 0.3) is 5.69 Å². The van der Waals surface area contributed by atoms with Crippen LogP contribution in [0.1, 0.15) is 18.4 Å². The number of alkyl halides is 3. The summed E-state index contributed by atoms with van der Waals surface area (Å²) in [4.78, 5) is 1.98. The molecule has 124 valence electrons. The Morgan fingerprint density at radius 2 is 1.83 bits per heavy atom. The molecule has 2 aromatic rings. The van der Waals surface area contributed by atoms with Crippen molar-refractivity contribution in [1.29, 1.82) is 0 Å². The minimum Gasteiger partial charge on any atom is -0.299 e. The van der Waals surface area contributed by atoms with Crippen LogP contribution in [-0.4, -0.2) is 33.9 Å². The molecule has 1 aliphatic heterocycles. The van der Waals surface area contributed by atoms with Crippen LogP contribution in [0.5, 0.6) is 0 Å². The molecule has 2 heterocycles. The first-order chi connectivity index (χ1) is 10.9. The lowest BCUT2D eigenvalue weighted by Crippen LogP contribution is -2.38. The second-order valence-electron chi connectivity index (χ2n) is 5.84. The maximum absolute atomic E-state index is 13.7. The summed E-state index contributed by atoms with van der Waals surface area (Å²) < 4.78 is 53.1. The number of benzene rings is 1. The summed E-state index contributed by atoms with van der Waals surface area (Å²) in [7, 11) is 0. The highest BCUT2D eigenvalue weighted by atomic mass is 19.4. The molecule has 0 unspecified atom stereocenters. The number of piperidine rings is 1. The molecule has 7 heteroatoms. The van der Waals surface area contributed by atoms with Crippen LogP contribution in [0, 0.1) is 11.7 Å². The summed E-state index contributed by atoms with van der Waals surface area (Å²) in [6.07, 6.45) is -0.492. The van der Waals surface area contributed by atoms with Crippen LogP contribution in [-0.2, 0) is 6.54 Å². The van der Waals surface area contributed by atoms with Gasteiger partial charge in [-0.2, -0.15) is 18.3 Å². The van der Waals surface area contributed by atoms with E-state index < -0.39 is 12.1 Å². The van der Waals surface area contributed by atoms with Crippen molar-refractivity contribution in [3.8, 4) is 5.69 Å². The quantitative estimate of drug-likeness (QED) is 0.800. The van der Waals surface area contributed by atoms with Crippen molar-refractivity contribution < 1.29 is 17.6 Å². The third kappa shape index (κ3) is 3.72. The Morgan fingerprint density at radius 3 is 2.48 bits per heavy atom. The van der Waals surface area contributed by atoms with Crippen molar-refractivity contribution in [2.45, 2.75) is 25.6 Å². The van der Waals surface area contributed by atoms with Gasteiger partial charge in [-0.05, 0) is 38.1 Å². The molecule has 1 aliphatic rings. The van der Waals surface area contributed by atoms with Crippen LogP contribution in [0.3, 0.4) is 0 Å². The molecule has 1 saturated heterocycles. The molecule has 0 saturated carbocycles. The number of hydrogen-bond acceptors (Lipinski definition) is 2.